The van der Waals surface area contributed by atoms with Crippen LogP contribution in [0.1, 0.15) is 60.8 Å². The van der Waals surface area contributed by atoms with E-state index in [1.165, 1.54) is 38.9 Å². The normalized spacial score (nSPS) is 19.9. The molecule has 1 saturated heterocycles. The summed E-state index contributed by atoms with van der Waals surface area (Å²) in [6, 6.07) is 1.41. The molecule has 0 bridgehead atoms. The summed E-state index contributed by atoms with van der Waals surface area (Å²) in [5.41, 5.74) is 0. The first-order chi connectivity index (χ1) is 10.3. The average molecular weight is 313 g/mol. The highest BCUT2D eigenvalue weighted by molar-refractivity contribution is 4.84. The minimum absolute atomic E-state index is 0.366. The molecule has 0 aromatic rings. The first-order valence-corrected chi connectivity index (χ1v) is 9.35. The van der Waals surface area contributed by atoms with Crippen LogP contribution in [-0.4, -0.2) is 61.3 Å². The van der Waals surface area contributed by atoms with Crippen LogP contribution in [0.3, 0.4) is 0 Å². The molecule has 132 valence electrons. The Hall–Kier alpha value is -0.120. The van der Waals surface area contributed by atoms with Crippen LogP contribution in [0.2, 0.25) is 0 Å². The Morgan fingerprint density at radius 3 is 2.18 bits per heavy atom. The fourth-order valence-corrected chi connectivity index (χ4v) is 3.13. The molecular formula is C19H40N2O. The minimum atomic E-state index is 0.366. The van der Waals surface area contributed by atoms with E-state index in [1.807, 2.05) is 0 Å². The molecule has 1 rings (SSSR count). The van der Waals surface area contributed by atoms with Crippen LogP contribution in [0.15, 0.2) is 0 Å². The molecule has 0 saturated carbocycles. The van der Waals surface area contributed by atoms with Gasteiger partial charge in [0.05, 0.1) is 6.10 Å². The van der Waals surface area contributed by atoms with E-state index in [1.54, 1.807) is 0 Å². The zero-order valence-electron chi connectivity index (χ0n) is 16.1. The highest BCUT2D eigenvalue weighted by Crippen LogP contribution is 2.21. The SMILES string of the molecule is CC(CCOC(C)C)CCC(C)N(C)CC1CN(C(C)C)C1. The second-order valence-corrected chi connectivity index (χ2v) is 8.09. The van der Waals surface area contributed by atoms with E-state index in [0.29, 0.717) is 18.2 Å². The maximum absolute atomic E-state index is 5.66. The summed E-state index contributed by atoms with van der Waals surface area (Å²) in [5, 5.41) is 0. The van der Waals surface area contributed by atoms with Gasteiger partial charge in [0.1, 0.15) is 0 Å². The molecule has 0 amide bonds. The van der Waals surface area contributed by atoms with Gasteiger partial charge in [0.2, 0.25) is 0 Å². The summed E-state index contributed by atoms with van der Waals surface area (Å²) in [6.07, 6.45) is 4.18. The molecule has 0 spiro atoms. The number of rotatable bonds is 11. The fraction of sp³-hybridized carbons (Fsp3) is 1.00. The number of likely N-dealkylation sites (tertiary alicyclic amines) is 1. The molecular weight excluding hydrogens is 272 g/mol. The van der Waals surface area contributed by atoms with Crippen LogP contribution < -0.4 is 0 Å². The van der Waals surface area contributed by atoms with E-state index < -0.39 is 0 Å². The smallest absolute Gasteiger partial charge is 0.0518 e. The average Bonchev–Trinajstić information content (AvgIpc) is 2.38. The van der Waals surface area contributed by atoms with Crippen molar-refractivity contribution in [2.24, 2.45) is 11.8 Å². The fourth-order valence-electron chi connectivity index (χ4n) is 3.13. The molecule has 2 atom stereocenters. The lowest BCUT2D eigenvalue weighted by molar-refractivity contribution is 0.0386. The van der Waals surface area contributed by atoms with Gasteiger partial charge in [-0.15, -0.1) is 0 Å². The second kappa shape index (κ2) is 9.89. The number of hydrogen-bond acceptors (Lipinski definition) is 3. The molecule has 2 unspecified atom stereocenters. The Morgan fingerprint density at radius 1 is 1.00 bits per heavy atom. The zero-order valence-corrected chi connectivity index (χ0v) is 16.1. The maximum Gasteiger partial charge on any atom is 0.0518 e. The Bertz CT molecular complexity index is 287. The molecule has 1 aliphatic rings. The number of hydrogen-bond donors (Lipinski definition) is 0. The molecule has 3 heteroatoms. The van der Waals surface area contributed by atoms with Crippen molar-refractivity contribution in [2.75, 3.05) is 33.3 Å². The molecule has 0 aliphatic carbocycles. The maximum atomic E-state index is 5.66. The third-order valence-corrected chi connectivity index (χ3v) is 5.15. The van der Waals surface area contributed by atoms with E-state index >= 15 is 0 Å². The van der Waals surface area contributed by atoms with Crippen molar-refractivity contribution < 1.29 is 4.74 Å². The van der Waals surface area contributed by atoms with Crippen LogP contribution in [0, 0.1) is 11.8 Å². The molecule has 22 heavy (non-hydrogen) atoms. The van der Waals surface area contributed by atoms with Gasteiger partial charge in [-0.05, 0) is 72.8 Å². The van der Waals surface area contributed by atoms with Gasteiger partial charge in [0, 0.05) is 38.3 Å². The van der Waals surface area contributed by atoms with E-state index in [2.05, 4.69) is 58.4 Å². The Labute approximate surface area is 139 Å². The molecule has 3 nitrogen and oxygen atoms in total. The third kappa shape index (κ3) is 7.43. The lowest BCUT2D eigenvalue weighted by Crippen LogP contribution is -2.54. The van der Waals surface area contributed by atoms with Gasteiger partial charge in [-0.3, -0.25) is 0 Å². The lowest BCUT2D eigenvalue weighted by Gasteiger charge is -2.44. The van der Waals surface area contributed by atoms with Gasteiger partial charge in [-0.25, -0.2) is 0 Å². The van der Waals surface area contributed by atoms with Crippen molar-refractivity contribution in [2.45, 2.75) is 79.0 Å². The lowest BCUT2D eigenvalue weighted by atomic mass is 9.95. The van der Waals surface area contributed by atoms with E-state index in [9.17, 15) is 0 Å². The summed E-state index contributed by atoms with van der Waals surface area (Å²) in [6.45, 7) is 18.3. The highest BCUT2D eigenvalue weighted by Gasteiger charge is 2.29. The van der Waals surface area contributed by atoms with Crippen molar-refractivity contribution in [3.63, 3.8) is 0 Å². The van der Waals surface area contributed by atoms with E-state index in [-0.39, 0.29) is 0 Å². The predicted molar refractivity (Wildman–Crippen MR) is 96.4 cm³/mol. The second-order valence-electron chi connectivity index (χ2n) is 8.09. The molecule has 1 heterocycles. The summed E-state index contributed by atoms with van der Waals surface area (Å²) < 4.78 is 5.66. The topological polar surface area (TPSA) is 15.7 Å². The van der Waals surface area contributed by atoms with E-state index in [0.717, 1.165) is 18.4 Å². The van der Waals surface area contributed by atoms with Gasteiger partial charge in [0.25, 0.3) is 0 Å². The molecule has 1 aliphatic heterocycles. The van der Waals surface area contributed by atoms with Crippen molar-refractivity contribution in [1.29, 1.82) is 0 Å². The van der Waals surface area contributed by atoms with Gasteiger partial charge < -0.3 is 14.5 Å². The van der Waals surface area contributed by atoms with Gasteiger partial charge in [-0.1, -0.05) is 6.92 Å². The third-order valence-electron chi connectivity index (χ3n) is 5.15. The first-order valence-electron chi connectivity index (χ1n) is 9.35. The molecule has 0 aromatic carbocycles. The summed E-state index contributed by atoms with van der Waals surface area (Å²) in [4.78, 5) is 5.14. The Balaban J connectivity index is 2.10. The van der Waals surface area contributed by atoms with Crippen LogP contribution in [0.5, 0.6) is 0 Å². The van der Waals surface area contributed by atoms with Crippen molar-refractivity contribution in [1.82, 2.24) is 9.80 Å². The van der Waals surface area contributed by atoms with Gasteiger partial charge in [0.15, 0.2) is 0 Å². The summed E-state index contributed by atoms with van der Waals surface area (Å²) in [7, 11) is 2.30. The molecule has 0 aromatic heterocycles. The molecule has 1 fully saturated rings. The monoisotopic (exact) mass is 312 g/mol. The highest BCUT2D eigenvalue weighted by atomic mass is 16.5. The van der Waals surface area contributed by atoms with Gasteiger partial charge >= 0.3 is 0 Å². The van der Waals surface area contributed by atoms with Gasteiger partial charge in [-0.2, -0.15) is 0 Å². The van der Waals surface area contributed by atoms with Crippen molar-refractivity contribution >= 4 is 0 Å². The van der Waals surface area contributed by atoms with Crippen LogP contribution in [-0.2, 0) is 4.74 Å². The van der Waals surface area contributed by atoms with E-state index in [4.69, 9.17) is 4.74 Å². The first kappa shape index (κ1) is 19.9. The van der Waals surface area contributed by atoms with Crippen LogP contribution >= 0.6 is 0 Å². The quantitative estimate of drug-likeness (QED) is 0.576. The Kier molecular flexibility index (Phi) is 8.96. The van der Waals surface area contributed by atoms with Crippen molar-refractivity contribution in [3.8, 4) is 0 Å². The molecule has 0 N–H and O–H groups in total. The minimum Gasteiger partial charge on any atom is -0.379 e. The number of ether oxygens (including phenoxy) is 1. The molecule has 0 radical (unpaired) electrons. The van der Waals surface area contributed by atoms with Crippen LogP contribution in [0.25, 0.3) is 0 Å². The largest absolute Gasteiger partial charge is 0.379 e. The standard InChI is InChI=1S/C19H40N2O/c1-15(2)21-13-19(14-21)12-20(7)18(6)9-8-17(5)10-11-22-16(3)4/h15-19H,8-14H2,1-7H3. The van der Waals surface area contributed by atoms with Crippen LogP contribution in [0.4, 0.5) is 0 Å². The van der Waals surface area contributed by atoms with Crippen molar-refractivity contribution in [3.05, 3.63) is 0 Å². The zero-order chi connectivity index (χ0) is 16.7. The Morgan fingerprint density at radius 2 is 1.64 bits per heavy atom. The summed E-state index contributed by atoms with van der Waals surface area (Å²) >= 11 is 0. The predicted octanol–water partition coefficient (Wildman–Crippen LogP) is 3.88. The number of nitrogens with zero attached hydrogens (tertiary/aromatic N) is 2. The summed E-state index contributed by atoms with van der Waals surface area (Å²) in [5.74, 6) is 1.65.